The molecule has 0 bridgehead atoms. The summed E-state index contributed by atoms with van der Waals surface area (Å²) in [5, 5.41) is 16.1. The van der Waals surface area contributed by atoms with Crippen molar-refractivity contribution < 1.29 is 0 Å². The van der Waals surface area contributed by atoms with Crippen LogP contribution in [0.25, 0.3) is 10.4 Å². The molecule has 0 fully saturated rings. The van der Waals surface area contributed by atoms with Crippen LogP contribution in [0.4, 0.5) is 0 Å². The van der Waals surface area contributed by atoms with Crippen LogP contribution in [-0.2, 0) is 12.8 Å². The lowest BCUT2D eigenvalue weighted by Crippen LogP contribution is -2.49. The SMILES string of the molecule is N#CC1(NCCN=[N+]=[N-])CCc2ccccc2C1. The highest BCUT2D eigenvalue weighted by molar-refractivity contribution is 5.34. The summed E-state index contributed by atoms with van der Waals surface area (Å²) in [5.74, 6) is 0. The highest BCUT2D eigenvalue weighted by Crippen LogP contribution is 2.28. The Hall–Kier alpha value is -2.02. The first kappa shape index (κ1) is 12.4. The minimum Gasteiger partial charge on any atom is -0.299 e. The molecule has 0 amide bonds. The van der Waals surface area contributed by atoms with Crippen LogP contribution in [0.2, 0.25) is 0 Å². The molecule has 2 rings (SSSR count). The van der Waals surface area contributed by atoms with Crippen LogP contribution in [0.1, 0.15) is 17.5 Å². The zero-order valence-electron chi connectivity index (χ0n) is 10.1. The molecule has 1 aromatic carbocycles. The Balaban J connectivity index is 2.07. The molecule has 0 saturated carbocycles. The van der Waals surface area contributed by atoms with E-state index in [1.165, 1.54) is 11.1 Å². The van der Waals surface area contributed by atoms with Gasteiger partial charge in [0.05, 0.1) is 6.07 Å². The number of azide groups is 1. The first-order valence-corrected chi connectivity index (χ1v) is 6.03. The van der Waals surface area contributed by atoms with Gasteiger partial charge in [-0.15, -0.1) is 0 Å². The van der Waals surface area contributed by atoms with E-state index < -0.39 is 5.54 Å². The average Bonchev–Trinajstić information content (AvgIpc) is 2.43. The Kier molecular flexibility index (Phi) is 3.83. The molecule has 1 aliphatic rings. The largest absolute Gasteiger partial charge is 0.299 e. The molecule has 0 aliphatic heterocycles. The molecule has 0 heterocycles. The highest BCUT2D eigenvalue weighted by atomic mass is 15.1. The van der Waals surface area contributed by atoms with Gasteiger partial charge in [-0.1, -0.05) is 29.4 Å². The third-order valence-corrected chi connectivity index (χ3v) is 3.38. The van der Waals surface area contributed by atoms with Crippen molar-refractivity contribution in [2.75, 3.05) is 13.1 Å². The maximum absolute atomic E-state index is 9.41. The van der Waals surface area contributed by atoms with Crippen molar-refractivity contribution in [2.45, 2.75) is 24.8 Å². The van der Waals surface area contributed by atoms with Gasteiger partial charge in [0.15, 0.2) is 0 Å². The zero-order chi connectivity index (χ0) is 12.8. The van der Waals surface area contributed by atoms with Gasteiger partial charge in [0, 0.05) is 24.4 Å². The van der Waals surface area contributed by atoms with Crippen molar-refractivity contribution in [1.29, 1.82) is 5.26 Å². The van der Waals surface area contributed by atoms with E-state index in [9.17, 15) is 5.26 Å². The second-order valence-corrected chi connectivity index (χ2v) is 4.52. The summed E-state index contributed by atoms with van der Waals surface area (Å²) < 4.78 is 0. The third-order valence-electron chi connectivity index (χ3n) is 3.38. The van der Waals surface area contributed by atoms with E-state index in [4.69, 9.17) is 5.53 Å². The molecule has 1 atom stereocenters. The lowest BCUT2D eigenvalue weighted by Gasteiger charge is -2.33. The van der Waals surface area contributed by atoms with Crippen molar-refractivity contribution in [3.63, 3.8) is 0 Å². The number of rotatable bonds is 4. The summed E-state index contributed by atoms with van der Waals surface area (Å²) in [6.07, 6.45) is 2.44. The lowest BCUT2D eigenvalue weighted by atomic mass is 9.79. The van der Waals surface area contributed by atoms with Gasteiger partial charge in [-0.3, -0.25) is 5.32 Å². The highest BCUT2D eigenvalue weighted by Gasteiger charge is 2.33. The molecule has 5 nitrogen and oxygen atoms in total. The van der Waals surface area contributed by atoms with Gasteiger partial charge < -0.3 is 0 Å². The van der Waals surface area contributed by atoms with Gasteiger partial charge in [-0.2, -0.15) is 5.26 Å². The molecule has 92 valence electrons. The molecule has 1 aliphatic carbocycles. The second-order valence-electron chi connectivity index (χ2n) is 4.52. The van der Waals surface area contributed by atoms with Gasteiger partial charge >= 0.3 is 0 Å². The fraction of sp³-hybridized carbons (Fsp3) is 0.462. The van der Waals surface area contributed by atoms with Crippen LogP contribution in [0.15, 0.2) is 29.4 Å². The zero-order valence-corrected chi connectivity index (χ0v) is 10.1. The molecule has 0 radical (unpaired) electrons. The normalized spacial score (nSPS) is 21.5. The molecule has 1 unspecified atom stereocenters. The lowest BCUT2D eigenvalue weighted by molar-refractivity contribution is 0.371. The van der Waals surface area contributed by atoms with Gasteiger partial charge in [0.25, 0.3) is 0 Å². The van der Waals surface area contributed by atoms with Crippen molar-refractivity contribution in [3.8, 4) is 6.07 Å². The Bertz CT molecular complexity index is 512. The number of aryl methyl sites for hydroxylation is 1. The van der Waals surface area contributed by atoms with Gasteiger partial charge in [-0.25, -0.2) is 0 Å². The van der Waals surface area contributed by atoms with Crippen LogP contribution in [-0.4, -0.2) is 18.6 Å². The maximum Gasteiger partial charge on any atom is 0.111 e. The quantitative estimate of drug-likeness (QED) is 0.379. The van der Waals surface area contributed by atoms with Crippen LogP contribution < -0.4 is 5.32 Å². The Morgan fingerprint density at radius 1 is 1.44 bits per heavy atom. The van der Waals surface area contributed by atoms with Crippen LogP contribution in [0.5, 0.6) is 0 Å². The first-order valence-electron chi connectivity index (χ1n) is 6.03. The van der Waals surface area contributed by atoms with Crippen molar-refractivity contribution in [2.24, 2.45) is 5.11 Å². The molecule has 0 saturated heterocycles. The van der Waals surface area contributed by atoms with Crippen molar-refractivity contribution in [3.05, 3.63) is 45.8 Å². The molecule has 5 heteroatoms. The number of benzene rings is 1. The fourth-order valence-corrected chi connectivity index (χ4v) is 2.41. The Morgan fingerprint density at radius 3 is 2.94 bits per heavy atom. The van der Waals surface area contributed by atoms with E-state index in [-0.39, 0.29) is 0 Å². The van der Waals surface area contributed by atoms with E-state index in [0.717, 1.165) is 19.3 Å². The average molecular weight is 241 g/mol. The Labute approximate surface area is 106 Å². The van der Waals surface area contributed by atoms with E-state index in [1.54, 1.807) is 0 Å². The number of nitriles is 1. The standard InChI is InChI=1S/C13H15N5/c14-10-13(16-7-8-17-18-15)6-5-11-3-1-2-4-12(11)9-13/h1-4,16H,5-9H2. The van der Waals surface area contributed by atoms with E-state index >= 15 is 0 Å². The van der Waals surface area contributed by atoms with E-state index in [2.05, 4.69) is 33.5 Å². The summed E-state index contributed by atoms with van der Waals surface area (Å²) in [6, 6.07) is 10.6. The van der Waals surface area contributed by atoms with E-state index in [1.807, 2.05) is 12.1 Å². The molecule has 1 aromatic rings. The second kappa shape index (κ2) is 5.54. The topological polar surface area (TPSA) is 84.6 Å². The predicted octanol–water partition coefficient (Wildman–Crippen LogP) is 2.34. The summed E-state index contributed by atoms with van der Waals surface area (Å²) in [5.41, 5.74) is 10.3. The van der Waals surface area contributed by atoms with Crippen molar-refractivity contribution in [1.82, 2.24) is 5.32 Å². The molecular weight excluding hydrogens is 226 g/mol. The number of hydrogen-bond donors (Lipinski definition) is 1. The third kappa shape index (κ3) is 2.62. The number of nitrogens with zero attached hydrogens (tertiary/aromatic N) is 4. The summed E-state index contributed by atoms with van der Waals surface area (Å²) in [7, 11) is 0. The first-order chi connectivity index (χ1) is 8.79. The molecule has 1 N–H and O–H groups in total. The van der Waals surface area contributed by atoms with Crippen molar-refractivity contribution >= 4 is 0 Å². The molecular formula is C13H15N5. The predicted molar refractivity (Wildman–Crippen MR) is 68.8 cm³/mol. The summed E-state index contributed by atoms with van der Waals surface area (Å²) in [4.78, 5) is 2.70. The minimum absolute atomic E-state index is 0.377. The van der Waals surface area contributed by atoms with E-state index in [0.29, 0.717) is 13.1 Å². The Morgan fingerprint density at radius 2 is 2.22 bits per heavy atom. The minimum atomic E-state index is -0.515. The molecule has 0 spiro atoms. The van der Waals surface area contributed by atoms with Gasteiger partial charge in [0.2, 0.25) is 0 Å². The van der Waals surface area contributed by atoms with Gasteiger partial charge in [0.1, 0.15) is 5.54 Å². The fourth-order valence-electron chi connectivity index (χ4n) is 2.41. The summed E-state index contributed by atoms with van der Waals surface area (Å²) >= 11 is 0. The van der Waals surface area contributed by atoms with Crippen LogP contribution >= 0.6 is 0 Å². The summed E-state index contributed by atoms with van der Waals surface area (Å²) in [6.45, 7) is 0.918. The number of fused-ring (bicyclic) bond motifs is 1. The molecule has 0 aromatic heterocycles. The maximum atomic E-state index is 9.41. The van der Waals surface area contributed by atoms with Crippen LogP contribution in [0, 0.1) is 11.3 Å². The molecule has 18 heavy (non-hydrogen) atoms. The smallest absolute Gasteiger partial charge is 0.111 e. The monoisotopic (exact) mass is 241 g/mol. The number of nitrogens with one attached hydrogen (secondary N) is 1. The van der Waals surface area contributed by atoms with Crippen LogP contribution in [0.3, 0.4) is 0 Å². The van der Waals surface area contributed by atoms with Gasteiger partial charge in [-0.05, 0) is 29.5 Å². The number of hydrogen-bond acceptors (Lipinski definition) is 3.